The minimum Gasteiger partial charge on any atom is -0.480 e. The Hall–Kier alpha value is -3.23. The molecular weight excluding hydrogens is 294 g/mol. The number of carboxylic acid groups (broad SMARTS) is 1. The zero-order valence-electron chi connectivity index (χ0n) is 11.2. The van der Waals surface area contributed by atoms with Crippen LogP contribution in [0.2, 0.25) is 0 Å². The Kier molecular flexibility index (Phi) is 4.16. The predicted molar refractivity (Wildman–Crippen MR) is 74.8 cm³/mol. The number of hydrogen-bond acceptors (Lipinski definition) is 5. The van der Waals surface area contributed by atoms with Crippen molar-refractivity contribution in [2.75, 3.05) is 0 Å². The van der Waals surface area contributed by atoms with Gasteiger partial charge in [-0.3, -0.25) is 28.8 Å². The molecule has 0 spiro atoms. The van der Waals surface area contributed by atoms with Crippen molar-refractivity contribution >= 4 is 11.7 Å². The summed E-state index contributed by atoms with van der Waals surface area (Å²) < 4.78 is 1.70. The van der Waals surface area contributed by atoms with E-state index in [4.69, 9.17) is 5.11 Å². The number of nitro groups is 1. The standard InChI is InChI=1S/C13H11N3O6/c17-11-4-5-14(8-12(18)19)13(20)15(11)7-9-2-1-3-10(6-9)16(21)22/h1-6H,7-8H2,(H,18,19). The summed E-state index contributed by atoms with van der Waals surface area (Å²) in [6.07, 6.45) is 1.10. The van der Waals surface area contributed by atoms with Gasteiger partial charge in [0.05, 0.1) is 11.5 Å². The van der Waals surface area contributed by atoms with Crippen LogP contribution in [0.4, 0.5) is 5.69 Å². The van der Waals surface area contributed by atoms with Gasteiger partial charge in [0, 0.05) is 24.4 Å². The molecule has 0 amide bonds. The molecule has 114 valence electrons. The maximum absolute atomic E-state index is 12.1. The number of carbonyl (C=O) groups is 1. The lowest BCUT2D eigenvalue weighted by molar-refractivity contribution is -0.384. The molecule has 9 nitrogen and oxygen atoms in total. The Bertz CT molecular complexity index is 851. The Morgan fingerprint density at radius 3 is 2.64 bits per heavy atom. The molecule has 0 radical (unpaired) electrons. The SMILES string of the molecule is O=C(O)Cn1ccc(=O)n(Cc2cccc([N+](=O)[O-])c2)c1=O. The van der Waals surface area contributed by atoms with Gasteiger partial charge in [0.15, 0.2) is 0 Å². The van der Waals surface area contributed by atoms with Crippen LogP contribution in [0.5, 0.6) is 0 Å². The fourth-order valence-corrected chi connectivity index (χ4v) is 1.92. The van der Waals surface area contributed by atoms with Gasteiger partial charge >= 0.3 is 11.7 Å². The highest BCUT2D eigenvalue weighted by Crippen LogP contribution is 2.13. The number of benzene rings is 1. The molecule has 2 rings (SSSR count). The smallest absolute Gasteiger partial charge is 0.331 e. The molecule has 9 heteroatoms. The predicted octanol–water partition coefficient (Wildman–Crippen LogP) is 0.0511. The monoisotopic (exact) mass is 305 g/mol. The van der Waals surface area contributed by atoms with Crippen LogP contribution in [-0.4, -0.2) is 25.1 Å². The van der Waals surface area contributed by atoms with Crippen LogP contribution in [0, 0.1) is 10.1 Å². The normalized spacial score (nSPS) is 10.4. The second-order valence-electron chi connectivity index (χ2n) is 4.47. The summed E-state index contributed by atoms with van der Waals surface area (Å²) in [4.78, 5) is 44.7. The van der Waals surface area contributed by atoms with Gasteiger partial charge in [-0.2, -0.15) is 0 Å². The van der Waals surface area contributed by atoms with E-state index in [1.807, 2.05) is 0 Å². The van der Waals surface area contributed by atoms with Crippen LogP contribution in [0.1, 0.15) is 5.56 Å². The van der Waals surface area contributed by atoms with Crippen LogP contribution in [0.15, 0.2) is 46.1 Å². The molecule has 0 saturated heterocycles. The summed E-state index contributed by atoms with van der Waals surface area (Å²) in [5.74, 6) is -1.22. The summed E-state index contributed by atoms with van der Waals surface area (Å²) in [5, 5.41) is 19.4. The third-order valence-electron chi connectivity index (χ3n) is 2.91. The molecule has 0 fully saturated rings. The molecule has 22 heavy (non-hydrogen) atoms. The van der Waals surface area contributed by atoms with Crippen molar-refractivity contribution < 1.29 is 14.8 Å². The van der Waals surface area contributed by atoms with E-state index in [1.165, 1.54) is 24.3 Å². The average Bonchev–Trinajstić information content (AvgIpc) is 2.46. The molecule has 1 aromatic carbocycles. The molecule has 0 saturated carbocycles. The topological polar surface area (TPSA) is 124 Å². The molecule has 0 aliphatic carbocycles. The first kappa shape index (κ1) is 15.2. The molecule has 2 aromatic rings. The molecular formula is C13H11N3O6. The number of aliphatic carboxylic acids is 1. The zero-order valence-corrected chi connectivity index (χ0v) is 11.2. The highest BCUT2D eigenvalue weighted by Gasteiger charge is 2.11. The largest absolute Gasteiger partial charge is 0.480 e. The molecule has 1 N–H and O–H groups in total. The maximum Gasteiger partial charge on any atom is 0.331 e. The summed E-state index contributed by atoms with van der Waals surface area (Å²) in [6, 6.07) is 6.59. The molecule has 0 aliphatic rings. The van der Waals surface area contributed by atoms with Gasteiger partial charge in [0.2, 0.25) is 0 Å². The number of non-ortho nitro benzene ring substituents is 1. The van der Waals surface area contributed by atoms with Crippen molar-refractivity contribution in [2.24, 2.45) is 0 Å². The van der Waals surface area contributed by atoms with Gasteiger partial charge in [0.25, 0.3) is 11.2 Å². The Morgan fingerprint density at radius 2 is 2.00 bits per heavy atom. The first-order chi connectivity index (χ1) is 10.4. The van der Waals surface area contributed by atoms with E-state index < -0.39 is 28.7 Å². The summed E-state index contributed by atoms with van der Waals surface area (Å²) in [5.41, 5.74) is -1.17. The van der Waals surface area contributed by atoms with Crippen molar-refractivity contribution in [1.29, 1.82) is 0 Å². The fourth-order valence-electron chi connectivity index (χ4n) is 1.92. The molecule has 0 aliphatic heterocycles. The Labute approximate surface area is 122 Å². The molecule has 1 heterocycles. The van der Waals surface area contributed by atoms with Crippen LogP contribution in [0.25, 0.3) is 0 Å². The van der Waals surface area contributed by atoms with Gasteiger partial charge in [-0.25, -0.2) is 4.79 Å². The van der Waals surface area contributed by atoms with Gasteiger partial charge in [0.1, 0.15) is 6.54 Å². The number of nitro benzene ring substituents is 1. The number of rotatable bonds is 5. The van der Waals surface area contributed by atoms with E-state index in [0.717, 1.165) is 21.4 Å². The lowest BCUT2D eigenvalue weighted by atomic mass is 10.2. The Morgan fingerprint density at radius 1 is 1.27 bits per heavy atom. The summed E-state index contributed by atoms with van der Waals surface area (Å²) >= 11 is 0. The summed E-state index contributed by atoms with van der Waals surface area (Å²) in [6.45, 7) is -0.756. The first-order valence-electron chi connectivity index (χ1n) is 6.14. The van der Waals surface area contributed by atoms with Crippen molar-refractivity contribution in [2.45, 2.75) is 13.1 Å². The number of nitrogens with zero attached hydrogens (tertiary/aromatic N) is 3. The highest BCUT2D eigenvalue weighted by atomic mass is 16.6. The Balaban J connectivity index is 2.43. The number of hydrogen-bond donors (Lipinski definition) is 1. The maximum atomic E-state index is 12.1. The third-order valence-corrected chi connectivity index (χ3v) is 2.91. The minimum atomic E-state index is -1.22. The van der Waals surface area contributed by atoms with Gasteiger partial charge in [-0.05, 0) is 5.56 Å². The first-order valence-corrected chi connectivity index (χ1v) is 6.14. The lowest BCUT2D eigenvalue weighted by Gasteiger charge is -2.08. The average molecular weight is 305 g/mol. The van der Waals surface area contributed by atoms with E-state index in [9.17, 15) is 24.5 Å². The zero-order chi connectivity index (χ0) is 16.3. The third kappa shape index (κ3) is 3.26. The van der Waals surface area contributed by atoms with Crippen molar-refractivity contribution in [3.05, 3.63) is 73.0 Å². The van der Waals surface area contributed by atoms with E-state index >= 15 is 0 Å². The van der Waals surface area contributed by atoms with Crippen LogP contribution < -0.4 is 11.2 Å². The van der Waals surface area contributed by atoms with Crippen molar-refractivity contribution in [3.63, 3.8) is 0 Å². The van der Waals surface area contributed by atoms with Crippen LogP contribution >= 0.6 is 0 Å². The van der Waals surface area contributed by atoms with Gasteiger partial charge in [-0.15, -0.1) is 0 Å². The number of aromatic nitrogens is 2. The van der Waals surface area contributed by atoms with Gasteiger partial charge in [-0.1, -0.05) is 12.1 Å². The highest BCUT2D eigenvalue weighted by molar-refractivity contribution is 5.66. The quantitative estimate of drug-likeness (QED) is 0.614. The van der Waals surface area contributed by atoms with Crippen molar-refractivity contribution in [1.82, 2.24) is 9.13 Å². The van der Waals surface area contributed by atoms with Crippen LogP contribution in [0.3, 0.4) is 0 Å². The minimum absolute atomic E-state index is 0.160. The second-order valence-corrected chi connectivity index (χ2v) is 4.47. The molecule has 0 bridgehead atoms. The molecule has 0 atom stereocenters. The van der Waals surface area contributed by atoms with E-state index in [2.05, 4.69) is 0 Å². The summed E-state index contributed by atoms with van der Waals surface area (Å²) in [7, 11) is 0. The number of carboxylic acids is 1. The second kappa shape index (κ2) is 6.04. The van der Waals surface area contributed by atoms with Crippen LogP contribution in [-0.2, 0) is 17.9 Å². The van der Waals surface area contributed by atoms with Gasteiger partial charge < -0.3 is 5.11 Å². The molecule has 1 aromatic heterocycles. The van der Waals surface area contributed by atoms with E-state index in [-0.39, 0.29) is 12.2 Å². The fraction of sp³-hybridized carbons (Fsp3) is 0.154. The van der Waals surface area contributed by atoms with Crippen molar-refractivity contribution in [3.8, 4) is 0 Å². The molecule has 0 unspecified atom stereocenters. The lowest BCUT2D eigenvalue weighted by Crippen LogP contribution is -2.40. The van der Waals surface area contributed by atoms with E-state index in [1.54, 1.807) is 0 Å². The van der Waals surface area contributed by atoms with E-state index in [0.29, 0.717) is 5.56 Å².